The number of aromatic hydroxyl groups is 1. The predicted molar refractivity (Wildman–Crippen MR) is 110 cm³/mol. The summed E-state index contributed by atoms with van der Waals surface area (Å²) in [6.07, 6.45) is 8.23. The van der Waals surface area contributed by atoms with E-state index in [2.05, 4.69) is 30.4 Å². The van der Waals surface area contributed by atoms with Crippen LogP contribution >= 0.6 is 0 Å². The molecule has 5 heterocycles. The molecule has 0 aromatic carbocycles. The Kier molecular flexibility index (Phi) is 3.98. The van der Waals surface area contributed by atoms with Crippen molar-refractivity contribution < 1.29 is 14.6 Å². The summed E-state index contributed by atoms with van der Waals surface area (Å²) in [5.74, 6) is 0.286. The zero-order chi connectivity index (χ0) is 20.8. The first-order valence-corrected chi connectivity index (χ1v) is 9.15. The minimum Gasteiger partial charge on any atom is -0.494 e. The molecule has 0 radical (unpaired) electrons. The number of fused-ring (bicyclic) bond motifs is 2. The summed E-state index contributed by atoms with van der Waals surface area (Å²) in [7, 11) is 1.81. The monoisotopic (exact) mass is 403 g/mol. The van der Waals surface area contributed by atoms with Crippen molar-refractivity contribution in [1.82, 2.24) is 24.7 Å². The number of carbonyl (C=O) groups excluding carboxylic acids is 1. The number of aliphatic imine (C=N–C) groups is 1. The zero-order valence-electron chi connectivity index (χ0n) is 16.2. The molecule has 10 heteroatoms. The van der Waals surface area contributed by atoms with Crippen molar-refractivity contribution in [2.24, 2.45) is 12.0 Å². The summed E-state index contributed by atoms with van der Waals surface area (Å²) in [4.78, 5) is 27.7. The number of hydrogen-bond acceptors (Lipinski definition) is 7. The molecule has 1 aliphatic rings. The number of amides is 1. The fourth-order valence-electron chi connectivity index (χ4n) is 3.51. The lowest BCUT2D eigenvalue weighted by atomic mass is 10.1. The van der Waals surface area contributed by atoms with Crippen molar-refractivity contribution >= 4 is 33.9 Å². The number of rotatable bonds is 3. The molecule has 4 aromatic heterocycles. The topological polar surface area (TPSA) is 130 Å². The average molecular weight is 403 g/mol. The minimum absolute atomic E-state index is 0.00539. The van der Waals surface area contributed by atoms with E-state index in [-0.39, 0.29) is 18.4 Å². The van der Waals surface area contributed by atoms with Crippen LogP contribution in [0.5, 0.6) is 11.6 Å². The largest absolute Gasteiger partial charge is 0.494 e. The quantitative estimate of drug-likeness (QED) is 0.451. The predicted octanol–water partition coefficient (Wildman–Crippen LogP) is 2.54. The Bertz CT molecular complexity index is 1340. The van der Waals surface area contributed by atoms with Gasteiger partial charge in [0.1, 0.15) is 11.4 Å². The highest BCUT2D eigenvalue weighted by molar-refractivity contribution is 6.13. The van der Waals surface area contributed by atoms with Crippen LogP contribution in [0.1, 0.15) is 12.5 Å². The molecule has 0 saturated carbocycles. The van der Waals surface area contributed by atoms with Gasteiger partial charge in [0.2, 0.25) is 0 Å². The Labute approximate surface area is 170 Å². The van der Waals surface area contributed by atoms with Crippen LogP contribution in [0, 0.1) is 0 Å². The molecule has 3 N–H and O–H groups in total. The van der Waals surface area contributed by atoms with Crippen LogP contribution in [0.4, 0.5) is 11.4 Å². The first-order valence-electron chi connectivity index (χ1n) is 9.15. The molecular weight excluding hydrogens is 386 g/mol. The van der Waals surface area contributed by atoms with Gasteiger partial charge in [0.25, 0.3) is 5.91 Å². The molecular formula is C20H17N7O3. The van der Waals surface area contributed by atoms with Gasteiger partial charge in [-0.25, -0.2) is 4.99 Å². The number of carbonyl (C=O) groups is 1. The van der Waals surface area contributed by atoms with Gasteiger partial charge in [-0.05, 0) is 13.0 Å². The van der Waals surface area contributed by atoms with Gasteiger partial charge in [0.15, 0.2) is 18.2 Å². The molecule has 0 fully saturated rings. The fraction of sp³-hybridized carbons (Fsp3) is 0.150. The number of pyridine rings is 2. The number of nitrogens with zero attached hydrogens (tertiary/aromatic N) is 5. The van der Waals surface area contributed by atoms with E-state index in [4.69, 9.17) is 4.74 Å². The third-order valence-corrected chi connectivity index (χ3v) is 4.81. The second kappa shape index (κ2) is 6.69. The van der Waals surface area contributed by atoms with Crippen molar-refractivity contribution in [2.75, 3.05) is 11.9 Å². The van der Waals surface area contributed by atoms with E-state index in [9.17, 15) is 9.90 Å². The van der Waals surface area contributed by atoms with E-state index in [1.807, 2.05) is 20.0 Å². The van der Waals surface area contributed by atoms with Crippen LogP contribution in [0.3, 0.4) is 0 Å². The van der Waals surface area contributed by atoms with Crippen molar-refractivity contribution in [1.29, 1.82) is 0 Å². The molecule has 0 spiro atoms. The summed E-state index contributed by atoms with van der Waals surface area (Å²) in [5, 5.41) is 18.1. The smallest absolute Gasteiger partial charge is 0.262 e. The summed E-state index contributed by atoms with van der Waals surface area (Å²) in [6.45, 7) is 1.75. The van der Waals surface area contributed by atoms with Gasteiger partial charge >= 0.3 is 0 Å². The molecule has 0 unspecified atom stereocenters. The van der Waals surface area contributed by atoms with Crippen LogP contribution < -0.4 is 10.1 Å². The molecule has 0 atom stereocenters. The highest BCUT2D eigenvalue weighted by Gasteiger charge is 2.22. The number of aromatic nitrogens is 5. The standard InChI is InChI=1S/C20H17N7O3/c1-10(24-11-4-23-27(2)8-11)18-12-3-14(22-7-15(12)26-20(18)29)13-5-21-6-16-19(13)30-9-17(28)25-16/h3-8,26,29H,9H2,1-2H3,(H,25,28). The van der Waals surface area contributed by atoms with E-state index in [1.54, 1.807) is 29.5 Å². The summed E-state index contributed by atoms with van der Waals surface area (Å²) in [5.41, 5.74) is 4.28. The molecule has 5 rings (SSSR count). The maximum atomic E-state index is 11.6. The van der Waals surface area contributed by atoms with Crippen molar-refractivity contribution in [3.63, 3.8) is 0 Å². The molecule has 150 valence electrons. The lowest BCUT2D eigenvalue weighted by Gasteiger charge is -2.19. The van der Waals surface area contributed by atoms with Gasteiger partial charge in [-0.2, -0.15) is 5.10 Å². The maximum Gasteiger partial charge on any atom is 0.262 e. The molecule has 1 aliphatic heterocycles. The summed E-state index contributed by atoms with van der Waals surface area (Å²) >= 11 is 0. The number of aromatic amines is 1. The van der Waals surface area contributed by atoms with Crippen LogP contribution in [0.2, 0.25) is 0 Å². The van der Waals surface area contributed by atoms with Crippen molar-refractivity contribution in [3.05, 3.63) is 42.6 Å². The van der Waals surface area contributed by atoms with Gasteiger partial charge in [0.05, 0.1) is 52.8 Å². The Morgan fingerprint density at radius 3 is 2.97 bits per heavy atom. The van der Waals surface area contributed by atoms with Crippen molar-refractivity contribution in [3.8, 4) is 22.9 Å². The number of ether oxygens (including phenoxy) is 1. The van der Waals surface area contributed by atoms with Crippen LogP contribution in [0.15, 0.2) is 42.0 Å². The maximum absolute atomic E-state index is 11.6. The van der Waals surface area contributed by atoms with Gasteiger partial charge in [0, 0.05) is 18.6 Å². The highest BCUT2D eigenvalue weighted by atomic mass is 16.5. The molecule has 0 bridgehead atoms. The third kappa shape index (κ3) is 2.94. The van der Waals surface area contributed by atoms with Gasteiger partial charge in [-0.3, -0.25) is 19.4 Å². The van der Waals surface area contributed by atoms with E-state index < -0.39 is 0 Å². The Hall–Kier alpha value is -4.21. The molecule has 0 saturated heterocycles. The summed E-state index contributed by atoms with van der Waals surface area (Å²) in [6, 6.07) is 1.83. The number of nitrogens with one attached hydrogen (secondary N) is 2. The van der Waals surface area contributed by atoms with Crippen LogP contribution in [-0.4, -0.2) is 48.1 Å². The third-order valence-electron chi connectivity index (χ3n) is 4.81. The van der Waals surface area contributed by atoms with Gasteiger partial charge in [-0.1, -0.05) is 0 Å². The van der Waals surface area contributed by atoms with Crippen molar-refractivity contribution in [2.45, 2.75) is 6.92 Å². The SMILES string of the molecule is CC(=Nc1cnn(C)c1)c1c(O)[nH]c2cnc(-c3cncc4c3OCC(=O)N4)cc12. The van der Waals surface area contributed by atoms with E-state index in [0.717, 1.165) is 5.39 Å². The number of hydrogen-bond donors (Lipinski definition) is 3. The van der Waals surface area contributed by atoms with Gasteiger partial charge in [-0.15, -0.1) is 0 Å². The Morgan fingerprint density at radius 1 is 1.30 bits per heavy atom. The zero-order valence-corrected chi connectivity index (χ0v) is 16.2. The number of aryl methyl sites for hydroxylation is 1. The van der Waals surface area contributed by atoms with Gasteiger partial charge < -0.3 is 20.1 Å². The minimum atomic E-state index is -0.232. The molecule has 0 aliphatic carbocycles. The van der Waals surface area contributed by atoms with Crippen LogP contribution in [-0.2, 0) is 11.8 Å². The molecule has 1 amide bonds. The van der Waals surface area contributed by atoms with E-state index >= 15 is 0 Å². The van der Waals surface area contributed by atoms with E-state index in [0.29, 0.717) is 45.2 Å². The number of anilines is 1. The molecule has 30 heavy (non-hydrogen) atoms. The second-order valence-electron chi connectivity index (χ2n) is 6.93. The molecule has 10 nitrogen and oxygen atoms in total. The second-order valence-corrected chi connectivity index (χ2v) is 6.93. The number of H-pyrrole nitrogens is 1. The van der Waals surface area contributed by atoms with E-state index in [1.165, 1.54) is 6.20 Å². The highest BCUT2D eigenvalue weighted by Crippen LogP contribution is 2.38. The average Bonchev–Trinajstić information content (AvgIpc) is 3.28. The Morgan fingerprint density at radius 2 is 2.17 bits per heavy atom. The van der Waals surface area contributed by atoms with Crippen LogP contribution in [0.25, 0.3) is 22.2 Å². The fourth-order valence-corrected chi connectivity index (χ4v) is 3.51. The lowest BCUT2D eigenvalue weighted by Crippen LogP contribution is -2.25. The summed E-state index contributed by atoms with van der Waals surface area (Å²) < 4.78 is 7.28. The molecule has 4 aromatic rings. The lowest BCUT2D eigenvalue weighted by molar-refractivity contribution is -0.118. The first kappa shape index (κ1) is 17.9. The first-order chi connectivity index (χ1) is 14.5. The Balaban J connectivity index is 1.64. The normalized spacial score (nSPS) is 13.8.